The zero-order valence-electron chi connectivity index (χ0n) is 14.8. The van der Waals surface area contributed by atoms with E-state index in [1.807, 2.05) is 18.4 Å². The topological polar surface area (TPSA) is 58.1 Å². The van der Waals surface area contributed by atoms with Crippen molar-refractivity contribution in [3.8, 4) is 0 Å². The second-order valence-corrected chi connectivity index (χ2v) is 8.43. The van der Waals surface area contributed by atoms with Gasteiger partial charge in [0.05, 0.1) is 10.3 Å². The monoisotopic (exact) mass is 386 g/mol. The van der Waals surface area contributed by atoms with Crippen LogP contribution in [0.4, 0.5) is 5.82 Å². The SMILES string of the molecule is Cc1c(C(=O)NCc2ccsc2)sc2ncnc(N3CCCCCC3)c12. The van der Waals surface area contributed by atoms with E-state index in [0.29, 0.717) is 6.54 Å². The van der Waals surface area contributed by atoms with Gasteiger partial charge in [0.1, 0.15) is 17.0 Å². The van der Waals surface area contributed by atoms with Crippen molar-refractivity contribution in [3.63, 3.8) is 0 Å². The van der Waals surface area contributed by atoms with Crippen LogP contribution in [-0.4, -0.2) is 29.0 Å². The summed E-state index contributed by atoms with van der Waals surface area (Å²) in [4.78, 5) is 25.7. The maximum Gasteiger partial charge on any atom is 0.261 e. The van der Waals surface area contributed by atoms with Crippen LogP contribution in [-0.2, 0) is 6.54 Å². The molecule has 3 aromatic heterocycles. The first-order chi connectivity index (χ1) is 12.7. The molecule has 0 spiro atoms. The largest absolute Gasteiger partial charge is 0.356 e. The highest BCUT2D eigenvalue weighted by Gasteiger charge is 2.22. The molecule has 1 fully saturated rings. The molecule has 0 aliphatic carbocycles. The maximum absolute atomic E-state index is 12.7. The van der Waals surface area contributed by atoms with E-state index in [-0.39, 0.29) is 5.91 Å². The molecule has 136 valence electrons. The molecule has 0 atom stereocenters. The second kappa shape index (κ2) is 7.72. The van der Waals surface area contributed by atoms with Crippen LogP contribution in [0.25, 0.3) is 10.2 Å². The zero-order valence-corrected chi connectivity index (χ0v) is 16.5. The van der Waals surface area contributed by atoms with E-state index in [1.165, 1.54) is 37.0 Å². The van der Waals surface area contributed by atoms with E-state index >= 15 is 0 Å². The van der Waals surface area contributed by atoms with Crippen LogP contribution < -0.4 is 10.2 Å². The first kappa shape index (κ1) is 17.4. The molecule has 1 aliphatic rings. The number of hydrogen-bond acceptors (Lipinski definition) is 6. The van der Waals surface area contributed by atoms with Crippen LogP contribution in [0, 0.1) is 6.92 Å². The lowest BCUT2D eigenvalue weighted by molar-refractivity contribution is 0.0954. The molecule has 0 radical (unpaired) electrons. The predicted octanol–water partition coefficient (Wildman–Crippen LogP) is 4.37. The van der Waals surface area contributed by atoms with Crippen molar-refractivity contribution < 1.29 is 4.79 Å². The van der Waals surface area contributed by atoms with Gasteiger partial charge in [-0.25, -0.2) is 9.97 Å². The van der Waals surface area contributed by atoms with Crippen molar-refractivity contribution in [1.29, 1.82) is 0 Å². The third kappa shape index (κ3) is 3.46. The second-order valence-electron chi connectivity index (χ2n) is 6.65. The summed E-state index contributed by atoms with van der Waals surface area (Å²) in [5, 5.41) is 8.15. The highest BCUT2D eigenvalue weighted by Crippen LogP contribution is 2.35. The Morgan fingerprint density at radius 2 is 2.04 bits per heavy atom. The normalized spacial score (nSPS) is 15.2. The Bertz CT molecular complexity index is 896. The van der Waals surface area contributed by atoms with Crippen LogP contribution in [0.3, 0.4) is 0 Å². The molecule has 1 saturated heterocycles. The first-order valence-corrected chi connectivity index (χ1v) is 10.8. The first-order valence-electron chi connectivity index (χ1n) is 9.02. The molecule has 1 aliphatic heterocycles. The minimum absolute atomic E-state index is 0.0292. The molecule has 0 saturated carbocycles. The van der Waals surface area contributed by atoms with E-state index in [4.69, 9.17) is 0 Å². The summed E-state index contributed by atoms with van der Waals surface area (Å²) in [6, 6.07) is 2.03. The van der Waals surface area contributed by atoms with Crippen molar-refractivity contribution in [3.05, 3.63) is 39.2 Å². The maximum atomic E-state index is 12.7. The standard InChI is InChI=1S/C19H22N4OS2/c1-13-15-17(23-7-4-2-3-5-8-23)21-12-22-19(15)26-16(13)18(24)20-10-14-6-9-25-11-14/h6,9,11-12H,2-5,7-8,10H2,1H3,(H,20,24). The molecule has 0 aromatic carbocycles. The minimum atomic E-state index is -0.0292. The van der Waals surface area contributed by atoms with Crippen LogP contribution in [0.2, 0.25) is 0 Å². The fourth-order valence-corrected chi connectivity index (χ4v) is 5.18. The van der Waals surface area contributed by atoms with Gasteiger partial charge in [-0.2, -0.15) is 11.3 Å². The lowest BCUT2D eigenvalue weighted by Gasteiger charge is -2.22. The number of amides is 1. The van der Waals surface area contributed by atoms with Crippen LogP contribution >= 0.6 is 22.7 Å². The Hall–Kier alpha value is -1.99. The average molecular weight is 387 g/mol. The smallest absolute Gasteiger partial charge is 0.261 e. The van der Waals surface area contributed by atoms with Gasteiger partial charge in [-0.05, 0) is 47.7 Å². The molecule has 4 rings (SSSR count). The summed E-state index contributed by atoms with van der Waals surface area (Å²) in [6.45, 7) is 4.63. The predicted molar refractivity (Wildman–Crippen MR) is 108 cm³/mol. The van der Waals surface area contributed by atoms with E-state index in [0.717, 1.165) is 45.1 Å². The van der Waals surface area contributed by atoms with Crippen LogP contribution in [0.1, 0.15) is 46.5 Å². The third-order valence-electron chi connectivity index (χ3n) is 4.85. The molecule has 0 bridgehead atoms. The molecule has 5 nitrogen and oxygen atoms in total. The van der Waals surface area contributed by atoms with Crippen molar-refractivity contribution in [2.75, 3.05) is 18.0 Å². The molecule has 3 aromatic rings. The summed E-state index contributed by atoms with van der Waals surface area (Å²) in [6.07, 6.45) is 6.59. The summed E-state index contributed by atoms with van der Waals surface area (Å²) >= 11 is 3.11. The number of carbonyl (C=O) groups excluding carboxylic acids is 1. The molecule has 1 N–H and O–H groups in total. The van der Waals surface area contributed by atoms with Gasteiger partial charge in [-0.15, -0.1) is 11.3 Å². The van der Waals surface area contributed by atoms with Gasteiger partial charge in [0.2, 0.25) is 0 Å². The molecule has 4 heterocycles. The van der Waals surface area contributed by atoms with E-state index in [1.54, 1.807) is 17.7 Å². The molecule has 7 heteroatoms. The van der Waals surface area contributed by atoms with Crippen molar-refractivity contribution in [1.82, 2.24) is 15.3 Å². The Balaban J connectivity index is 1.63. The van der Waals surface area contributed by atoms with Crippen LogP contribution in [0.15, 0.2) is 23.2 Å². The molecule has 0 unspecified atom stereocenters. The Morgan fingerprint density at radius 1 is 1.23 bits per heavy atom. The van der Waals surface area contributed by atoms with Gasteiger partial charge >= 0.3 is 0 Å². The molecular weight excluding hydrogens is 364 g/mol. The minimum Gasteiger partial charge on any atom is -0.356 e. The van der Waals surface area contributed by atoms with Gasteiger partial charge < -0.3 is 10.2 Å². The number of nitrogens with zero attached hydrogens (tertiary/aromatic N) is 3. The van der Waals surface area contributed by atoms with E-state index in [9.17, 15) is 4.79 Å². The summed E-state index contributed by atoms with van der Waals surface area (Å²) in [5.74, 6) is 0.959. The highest BCUT2D eigenvalue weighted by molar-refractivity contribution is 7.20. The van der Waals surface area contributed by atoms with Gasteiger partial charge in [0.15, 0.2) is 0 Å². The van der Waals surface area contributed by atoms with Gasteiger partial charge in [0.25, 0.3) is 5.91 Å². The number of aromatic nitrogens is 2. The fraction of sp³-hybridized carbons (Fsp3) is 0.421. The number of hydrogen-bond donors (Lipinski definition) is 1. The summed E-state index contributed by atoms with van der Waals surface area (Å²) < 4.78 is 0. The molecule has 1 amide bonds. The Morgan fingerprint density at radius 3 is 2.77 bits per heavy atom. The van der Waals surface area contributed by atoms with Crippen LogP contribution in [0.5, 0.6) is 0 Å². The summed E-state index contributed by atoms with van der Waals surface area (Å²) in [5.41, 5.74) is 2.12. The van der Waals surface area contributed by atoms with E-state index < -0.39 is 0 Å². The average Bonchev–Trinajstić information content (AvgIpc) is 3.20. The lowest BCUT2D eigenvalue weighted by atomic mass is 10.2. The number of anilines is 1. The van der Waals surface area contributed by atoms with Gasteiger partial charge in [-0.1, -0.05) is 12.8 Å². The molecular formula is C19H22N4OS2. The number of nitrogens with one attached hydrogen (secondary N) is 1. The van der Waals surface area contributed by atoms with Crippen molar-refractivity contribution in [2.45, 2.75) is 39.2 Å². The van der Waals surface area contributed by atoms with Crippen molar-refractivity contribution >= 4 is 44.6 Å². The number of fused-ring (bicyclic) bond motifs is 1. The van der Waals surface area contributed by atoms with E-state index in [2.05, 4.69) is 25.6 Å². The lowest BCUT2D eigenvalue weighted by Crippen LogP contribution is -2.25. The van der Waals surface area contributed by atoms with Gasteiger partial charge in [0, 0.05) is 19.6 Å². The Kier molecular flexibility index (Phi) is 5.17. The van der Waals surface area contributed by atoms with Crippen molar-refractivity contribution in [2.24, 2.45) is 0 Å². The zero-order chi connectivity index (χ0) is 17.9. The third-order valence-corrected chi connectivity index (χ3v) is 6.78. The number of thiophene rings is 2. The Labute approximate surface area is 161 Å². The fourth-order valence-electron chi connectivity index (χ4n) is 3.45. The highest BCUT2D eigenvalue weighted by atomic mass is 32.1. The number of carbonyl (C=O) groups is 1. The van der Waals surface area contributed by atoms with Gasteiger partial charge in [-0.3, -0.25) is 4.79 Å². The molecule has 26 heavy (non-hydrogen) atoms. The number of rotatable bonds is 4. The summed E-state index contributed by atoms with van der Waals surface area (Å²) in [7, 11) is 0. The quantitative estimate of drug-likeness (QED) is 0.723. The number of aryl methyl sites for hydroxylation is 1.